The maximum Gasteiger partial charge on any atom is 0.340 e. The molecule has 0 aliphatic carbocycles. The summed E-state index contributed by atoms with van der Waals surface area (Å²) in [5.74, 6) is 0.0413. The number of esters is 1. The second kappa shape index (κ2) is 7.19. The molecule has 9 heteroatoms. The lowest BCUT2D eigenvalue weighted by molar-refractivity contribution is 0.0602. The Morgan fingerprint density at radius 1 is 1.36 bits per heavy atom. The second-order valence-corrected chi connectivity index (χ2v) is 5.32. The van der Waals surface area contributed by atoms with Crippen LogP contribution in [0.3, 0.4) is 0 Å². The SMILES string of the molecule is COC(=O)c1cc(N[SH](=O)=O)c(Cl)cc1NCc1ccco1. The summed E-state index contributed by atoms with van der Waals surface area (Å²) >= 11 is 6.01. The van der Waals surface area contributed by atoms with Crippen LogP contribution in [0, 0.1) is 0 Å². The molecule has 2 rings (SSSR count). The summed E-state index contributed by atoms with van der Waals surface area (Å²) < 4.78 is 33.6. The minimum Gasteiger partial charge on any atom is -0.467 e. The summed E-state index contributed by atoms with van der Waals surface area (Å²) in [5, 5.41) is 3.14. The fraction of sp³-hybridized carbons (Fsp3) is 0.154. The van der Waals surface area contributed by atoms with Gasteiger partial charge in [-0.25, -0.2) is 13.2 Å². The molecule has 0 saturated carbocycles. The maximum atomic E-state index is 11.8. The molecule has 0 bridgehead atoms. The highest BCUT2D eigenvalue weighted by molar-refractivity contribution is 7.73. The van der Waals surface area contributed by atoms with Crippen LogP contribution in [0.2, 0.25) is 5.02 Å². The highest BCUT2D eigenvalue weighted by Gasteiger charge is 2.16. The molecule has 2 aromatic rings. The number of hydrogen-bond donors (Lipinski definition) is 3. The molecule has 7 nitrogen and oxygen atoms in total. The zero-order valence-corrected chi connectivity index (χ0v) is 13.1. The number of nitrogens with one attached hydrogen (secondary N) is 2. The van der Waals surface area contributed by atoms with Crippen LogP contribution in [0.1, 0.15) is 16.1 Å². The quantitative estimate of drug-likeness (QED) is 0.549. The summed E-state index contributed by atoms with van der Waals surface area (Å²) in [5.41, 5.74) is 0.652. The van der Waals surface area contributed by atoms with Crippen molar-refractivity contribution in [1.82, 2.24) is 0 Å². The number of halogens is 1. The summed E-state index contributed by atoms with van der Waals surface area (Å²) in [7, 11) is -1.67. The Balaban J connectivity index is 2.33. The van der Waals surface area contributed by atoms with Gasteiger partial charge in [-0.3, -0.25) is 4.72 Å². The average Bonchev–Trinajstić information content (AvgIpc) is 2.99. The van der Waals surface area contributed by atoms with Crippen molar-refractivity contribution in [3.63, 3.8) is 0 Å². The van der Waals surface area contributed by atoms with Crippen molar-refractivity contribution in [2.75, 3.05) is 17.1 Å². The van der Waals surface area contributed by atoms with E-state index in [0.29, 0.717) is 18.0 Å². The van der Waals surface area contributed by atoms with Gasteiger partial charge < -0.3 is 14.5 Å². The van der Waals surface area contributed by atoms with Gasteiger partial charge in [0.1, 0.15) is 5.76 Å². The maximum absolute atomic E-state index is 11.8. The fourth-order valence-corrected chi connectivity index (χ4v) is 2.44. The van der Waals surface area contributed by atoms with Gasteiger partial charge in [0.25, 0.3) is 0 Å². The molecule has 1 aromatic heterocycles. The van der Waals surface area contributed by atoms with E-state index < -0.39 is 16.9 Å². The van der Waals surface area contributed by atoms with E-state index in [-0.39, 0.29) is 16.3 Å². The van der Waals surface area contributed by atoms with E-state index in [0.717, 1.165) is 0 Å². The van der Waals surface area contributed by atoms with Crippen LogP contribution in [-0.2, 0) is 22.2 Å². The number of ether oxygens (including phenoxy) is 1. The number of thiol groups is 1. The molecule has 0 aliphatic heterocycles. The van der Waals surface area contributed by atoms with E-state index >= 15 is 0 Å². The molecule has 0 fully saturated rings. The van der Waals surface area contributed by atoms with Crippen LogP contribution in [0.4, 0.5) is 11.4 Å². The lowest BCUT2D eigenvalue weighted by Crippen LogP contribution is -2.09. The van der Waals surface area contributed by atoms with Gasteiger partial charge in [-0.1, -0.05) is 11.6 Å². The van der Waals surface area contributed by atoms with Gasteiger partial charge in [0.05, 0.1) is 41.9 Å². The second-order valence-electron chi connectivity index (χ2n) is 4.17. The zero-order chi connectivity index (χ0) is 16.1. The Morgan fingerprint density at radius 2 is 2.14 bits per heavy atom. The van der Waals surface area contributed by atoms with E-state index in [2.05, 4.69) is 14.8 Å². The standard InChI is InChI=1S/C13H13ClN2O5S/c1-20-13(17)9-5-12(16-22(18)19)10(14)6-11(9)15-7-8-3-2-4-21-8/h2-6,15,22H,7H2,1H3,(H,16,18,19). The zero-order valence-electron chi connectivity index (χ0n) is 11.5. The first-order valence-corrected chi connectivity index (χ1v) is 7.66. The molecule has 0 unspecified atom stereocenters. The third-order valence-corrected chi connectivity index (χ3v) is 3.49. The van der Waals surface area contributed by atoms with Gasteiger partial charge in [-0.15, -0.1) is 0 Å². The van der Waals surface area contributed by atoms with E-state index in [1.807, 2.05) is 0 Å². The Hall–Kier alpha value is -2.19. The summed E-state index contributed by atoms with van der Waals surface area (Å²) in [6.07, 6.45) is 1.53. The highest BCUT2D eigenvalue weighted by Crippen LogP contribution is 2.30. The highest BCUT2D eigenvalue weighted by atomic mass is 35.5. The Labute approximate surface area is 133 Å². The smallest absolute Gasteiger partial charge is 0.340 e. The summed E-state index contributed by atoms with van der Waals surface area (Å²) in [6, 6.07) is 6.26. The van der Waals surface area contributed by atoms with Crippen molar-refractivity contribution in [2.45, 2.75) is 6.54 Å². The molecule has 0 spiro atoms. The molecule has 0 saturated heterocycles. The largest absolute Gasteiger partial charge is 0.467 e. The van der Waals surface area contributed by atoms with E-state index in [9.17, 15) is 13.2 Å². The van der Waals surface area contributed by atoms with Gasteiger partial charge in [0, 0.05) is 0 Å². The molecular formula is C13H13ClN2O5S. The van der Waals surface area contributed by atoms with E-state index in [4.69, 9.17) is 16.0 Å². The third kappa shape index (κ3) is 3.92. The van der Waals surface area contributed by atoms with Crippen LogP contribution in [0.5, 0.6) is 0 Å². The van der Waals surface area contributed by atoms with Crippen LogP contribution in [-0.4, -0.2) is 21.5 Å². The molecule has 2 N–H and O–H groups in total. The molecule has 1 aromatic carbocycles. The number of benzene rings is 1. The Bertz CT molecular complexity index is 735. The topological polar surface area (TPSA) is 97.6 Å². The molecule has 0 amide bonds. The van der Waals surface area contributed by atoms with Crippen molar-refractivity contribution in [3.05, 3.63) is 46.9 Å². The van der Waals surface area contributed by atoms with E-state index in [1.165, 1.54) is 25.5 Å². The number of hydrogen-bond acceptors (Lipinski definition) is 6. The predicted octanol–water partition coefficient (Wildman–Crippen LogP) is 2.27. The number of furan rings is 1. The van der Waals surface area contributed by atoms with Crippen LogP contribution < -0.4 is 10.0 Å². The number of carbonyl (C=O) groups is 1. The average molecular weight is 345 g/mol. The number of methoxy groups -OCH3 is 1. The minimum absolute atomic E-state index is 0.0988. The fourth-order valence-electron chi connectivity index (χ4n) is 1.78. The Morgan fingerprint density at radius 3 is 2.73 bits per heavy atom. The van der Waals surface area contributed by atoms with Crippen molar-refractivity contribution in [3.8, 4) is 0 Å². The first-order valence-electron chi connectivity index (χ1n) is 6.10. The predicted molar refractivity (Wildman–Crippen MR) is 82.8 cm³/mol. The first-order chi connectivity index (χ1) is 10.5. The van der Waals surface area contributed by atoms with Crippen LogP contribution >= 0.6 is 11.6 Å². The van der Waals surface area contributed by atoms with Crippen LogP contribution in [0.15, 0.2) is 34.9 Å². The van der Waals surface area contributed by atoms with Crippen molar-refractivity contribution >= 4 is 39.8 Å². The Kier molecular flexibility index (Phi) is 5.29. The van der Waals surface area contributed by atoms with Gasteiger partial charge in [0.2, 0.25) is 10.9 Å². The minimum atomic E-state index is -2.90. The molecule has 0 atom stereocenters. The molecule has 118 valence electrons. The van der Waals surface area contributed by atoms with Crippen LogP contribution in [0.25, 0.3) is 0 Å². The van der Waals surface area contributed by atoms with Gasteiger partial charge in [-0.05, 0) is 24.3 Å². The molecule has 0 aliphatic rings. The van der Waals surface area contributed by atoms with E-state index in [1.54, 1.807) is 12.1 Å². The van der Waals surface area contributed by atoms with Gasteiger partial charge in [-0.2, -0.15) is 0 Å². The molecule has 0 radical (unpaired) electrons. The molecule has 22 heavy (non-hydrogen) atoms. The van der Waals surface area contributed by atoms with Gasteiger partial charge >= 0.3 is 5.97 Å². The summed E-state index contributed by atoms with van der Waals surface area (Å²) in [4.78, 5) is 11.8. The lowest BCUT2D eigenvalue weighted by Gasteiger charge is -2.13. The first kappa shape index (κ1) is 16.2. The number of anilines is 2. The monoisotopic (exact) mass is 344 g/mol. The number of carbonyl (C=O) groups excluding carboxylic acids is 1. The molecule has 1 heterocycles. The van der Waals surface area contributed by atoms with Crippen molar-refractivity contribution < 1.29 is 22.4 Å². The third-order valence-electron chi connectivity index (χ3n) is 2.76. The van der Waals surface area contributed by atoms with Crippen molar-refractivity contribution in [1.29, 1.82) is 0 Å². The summed E-state index contributed by atoms with van der Waals surface area (Å²) in [6.45, 7) is 0.329. The lowest BCUT2D eigenvalue weighted by atomic mass is 10.1. The molecular weight excluding hydrogens is 332 g/mol. The van der Waals surface area contributed by atoms with Gasteiger partial charge in [0.15, 0.2) is 0 Å². The normalized spacial score (nSPS) is 10.5. The van der Waals surface area contributed by atoms with Crippen molar-refractivity contribution in [2.24, 2.45) is 0 Å². The number of rotatable bonds is 6.